The fraction of sp³-hybridized carbons (Fsp3) is 0.400. The zero-order chi connectivity index (χ0) is 6.69. The lowest BCUT2D eigenvalue weighted by Gasteiger charge is -1.99. The Morgan fingerprint density at radius 1 is 1.89 bits per heavy atom. The summed E-state index contributed by atoms with van der Waals surface area (Å²) in [6.07, 6.45) is 1.56. The summed E-state index contributed by atoms with van der Waals surface area (Å²) in [4.78, 5) is 0. The lowest BCUT2D eigenvalue weighted by Crippen LogP contribution is -2.00. The molecule has 9 heavy (non-hydrogen) atoms. The van der Waals surface area contributed by atoms with E-state index in [1.54, 1.807) is 12.3 Å². The van der Waals surface area contributed by atoms with Crippen molar-refractivity contribution in [3.63, 3.8) is 0 Å². The highest BCUT2D eigenvalue weighted by molar-refractivity contribution is 5.06. The molecule has 0 bridgehead atoms. The van der Waals surface area contributed by atoms with Gasteiger partial charge in [-0.25, -0.2) is 4.68 Å². The van der Waals surface area contributed by atoms with Crippen LogP contribution < -0.4 is 4.74 Å². The van der Waals surface area contributed by atoms with Crippen molar-refractivity contribution >= 4 is 0 Å². The van der Waals surface area contributed by atoms with E-state index in [1.165, 1.54) is 11.8 Å². The van der Waals surface area contributed by atoms with Gasteiger partial charge in [0.25, 0.3) is 0 Å². The molecule has 0 spiro atoms. The second-order valence-corrected chi connectivity index (χ2v) is 1.51. The molecule has 0 unspecified atom stereocenters. The van der Waals surface area contributed by atoms with Crippen molar-refractivity contribution in [1.29, 1.82) is 0 Å². The van der Waals surface area contributed by atoms with Crippen LogP contribution in [0.5, 0.6) is 5.88 Å². The molecule has 0 amide bonds. The smallest absolute Gasteiger partial charge is 0.213 e. The molecule has 50 valence electrons. The highest BCUT2D eigenvalue weighted by atomic mass is 16.5. The molecular weight excluding hydrogens is 120 g/mol. The van der Waals surface area contributed by atoms with Crippen molar-refractivity contribution in [1.82, 2.24) is 9.78 Å². The zero-order valence-corrected chi connectivity index (χ0v) is 5.11. The topological polar surface area (TPSA) is 47.3 Å². The molecule has 0 fully saturated rings. The Kier molecular flexibility index (Phi) is 1.69. The Balaban J connectivity index is 2.85. The van der Waals surface area contributed by atoms with Gasteiger partial charge in [0.15, 0.2) is 0 Å². The molecule has 1 N–H and O–H groups in total. The summed E-state index contributed by atoms with van der Waals surface area (Å²) in [5.41, 5.74) is 0. The maximum absolute atomic E-state index is 8.56. The van der Waals surface area contributed by atoms with Crippen LogP contribution in [0.1, 0.15) is 0 Å². The first-order chi connectivity index (χ1) is 4.38. The van der Waals surface area contributed by atoms with Crippen LogP contribution in [0.3, 0.4) is 0 Å². The number of nitrogens with zero attached hydrogens (tertiary/aromatic N) is 2. The molecule has 0 aliphatic carbocycles. The maximum Gasteiger partial charge on any atom is 0.213 e. The third kappa shape index (κ3) is 1.02. The van der Waals surface area contributed by atoms with Gasteiger partial charge in [-0.15, -0.1) is 0 Å². The summed E-state index contributed by atoms with van der Waals surface area (Å²) in [5, 5.41) is 12.3. The van der Waals surface area contributed by atoms with Crippen molar-refractivity contribution in [3.05, 3.63) is 12.3 Å². The van der Waals surface area contributed by atoms with Crippen molar-refractivity contribution in [2.24, 2.45) is 0 Å². The second-order valence-electron chi connectivity index (χ2n) is 1.51. The average Bonchev–Trinajstić information content (AvgIpc) is 2.33. The van der Waals surface area contributed by atoms with Gasteiger partial charge in [0.05, 0.1) is 13.3 Å². The number of aliphatic hydroxyl groups excluding tert-OH is 1. The van der Waals surface area contributed by atoms with Gasteiger partial charge in [0, 0.05) is 6.07 Å². The normalized spacial score (nSPS) is 9.56. The highest BCUT2D eigenvalue weighted by Crippen LogP contribution is 2.05. The molecule has 1 aromatic rings. The van der Waals surface area contributed by atoms with E-state index in [2.05, 4.69) is 5.10 Å². The first-order valence-corrected chi connectivity index (χ1v) is 2.55. The summed E-state index contributed by atoms with van der Waals surface area (Å²) in [7, 11) is 1.53. The van der Waals surface area contributed by atoms with Gasteiger partial charge in [-0.3, -0.25) is 0 Å². The van der Waals surface area contributed by atoms with Crippen molar-refractivity contribution < 1.29 is 9.84 Å². The van der Waals surface area contributed by atoms with Crippen LogP contribution in [0.2, 0.25) is 0 Å². The first-order valence-electron chi connectivity index (χ1n) is 2.55. The Morgan fingerprint density at radius 3 is 3.11 bits per heavy atom. The molecule has 1 heterocycles. The maximum atomic E-state index is 8.56. The molecule has 0 aliphatic heterocycles. The van der Waals surface area contributed by atoms with E-state index >= 15 is 0 Å². The van der Waals surface area contributed by atoms with Gasteiger partial charge < -0.3 is 9.84 Å². The highest BCUT2D eigenvalue weighted by Gasteiger charge is 1.96. The fourth-order valence-corrected chi connectivity index (χ4v) is 0.600. The number of aliphatic hydroxyl groups is 1. The number of hydrogen-bond donors (Lipinski definition) is 1. The summed E-state index contributed by atoms with van der Waals surface area (Å²) >= 11 is 0. The van der Waals surface area contributed by atoms with Gasteiger partial charge in [-0.2, -0.15) is 5.10 Å². The van der Waals surface area contributed by atoms with Gasteiger partial charge in [-0.05, 0) is 0 Å². The molecule has 0 aliphatic rings. The predicted octanol–water partition coefficient (Wildman–Crippen LogP) is -0.159. The molecule has 0 aromatic carbocycles. The molecule has 0 radical (unpaired) electrons. The van der Waals surface area contributed by atoms with Gasteiger partial charge in [0.2, 0.25) is 5.88 Å². The predicted molar refractivity (Wildman–Crippen MR) is 31.0 cm³/mol. The first kappa shape index (κ1) is 6.10. The minimum absolute atomic E-state index is 0.143. The average molecular weight is 128 g/mol. The Bertz CT molecular complexity index is 166. The van der Waals surface area contributed by atoms with E-state index in [9.17, 15) is 0 Å². The SMILES string of the molecule is COc1ccnn1CO. The quantitative estimate of drug-likeness (QED) is 0.602. The summed E-state index contributed by atoms with van der Waals surface area (Å²) in [6, 6.07) is 1.68. The van der Waals surface area contributed by atoms with Gasteiger partial charge in [-0.1, -0.05) is 0 Å². The van der Waals surface area contributed by atoms with E-state index in [-0.39, 0.29) is 6.73 Å². The third-order valence-corrected chi connectivity index (χ3v) is 1.02. The zero-order valence-electron chi connectivity index (χ0n) is 5.11. The van der Waals surface area contributed by atoms with E-state index in [0.717, 1.165) is 0 Å². The van der Waals surface area contributed by atoms with E-state index in [1.807, 2.05) is 0 Å². The molecule has 1 aromatic heterocycles. The Morgan fingerprint density at radius 2 is 2.67 bits per heavy atom. The number of ether oxygens (including phenoxy) is 1. The molecular formula is C5H8N2O2. The number of hydrogen-bond acceptors (Lipinski definition) is 3. The number of methoxy groups -OCH3 is 1. The van der Waals surface area contributed by atoms with Crippen LogP contribution in [-0.4, -0.2) is 22.0 Å². The summed E-state index contributed by atoms with van der Waals surface area (Å²) in [6.45, 7) is -0.143. The largest absolute Gasteiger partial charge is 0.481 e. The van der Waals surface area contributed by atoms with E-state index in [0.29, 0.717) is 5.88 Å². The second kappa shape index (κ2) is 2.50. The van der Waals surface area contributed by atoms with Crippen LogP contribution >= 0.6 is 0 Å². The molecule has 0 atom stereocenters. The number of aromatic nitrogens is 2. The van der Waals surface area contributed by atoms with Crippen LogP contribution in [0.15, 0.2) is 12.3 Å². The lowest BCUT2D eigenvalue weighted by molar-refractivity contribution is 0.178. The summed E-state index contributed by atoms with van der Waals surface area (Å²) in [5.74, 6) is 0.567. The Labute approximate surface area is 52.7 Å². The van der Waals surface area contributed by atoms with Crippen molar-refractivity contribution in [2.45, 2.75) is 6.73 Å². The molecule has 4 nitrogen and oxygen atoms in total. The van der Waals surface area contributed by atoms with Gasteiger partial charge in [0.1, 0.15) is 6.73 Å². The standard InChI is InChI=1S/C5H8N2O2/c1-9-5-2-3-6-7(5)4-8/h2-3,8H,4H2,1H3. The van der Waals surface area contributed by atoms with E-state index < -0.39 is 0 Å². The molecule has 0 saturated heterocycles. The minimum Gasteiger partial charge on any atom is -0.481 e. The van der Waals surface area contributed by atoms with Crippen LogP contribution in [0.4, 0.5) is 0 Å². The lowest BCUT2D eigenvalue weighted by atomic mass is 10.7. The van der Waals surface area contributed by atoms with E-state index in [4.69, 9.17) is 9.84 Å². The van der Waals surface area contributed by atoms with Crippen LogP contribution in [0, 0.1) is 0 Å². The van der Waals surface area contributed by atoms with Gasteiger partial charge >= 0.3 is 0 Å². The van der Waals surface area contributed by atoms with Crippen LogP contribution in [0.25, 0.3) is 0 Å². The Hall–Kier alpha value is -1.03. The van der Waals surface area contributed by atoms with Crippen LogP contribution in [-0.2, 0) is 6.73 Å². The monoisotopic (exact) mass is 128 g/mol. The fourth-order valence-electron chi connectivity index (χ4n) is 0.600. The molecule has 1 rings (SSSR count). The van der Waals surface area contributed by atoms with Crippen molar-refractivity contribution in [3.8, 4) is 5.88 Å². The number of rotatable bonds is 2. The third-order valence-electron chi connectivity index (χ3n) is 1.02. The minimum atomic E-state index is -0.143. The molecule has 0 saturated carbocycles. The summed E-state index contributed by atoms with van der Waals surface area (Å²) < 4.78 is 6.16. The molecule has 4 heteroatoms. The van der Waals surface area contributed by atoms with Crippen molar-refractivity contribution in [2.75, 3.05) is 7.11 Å².